The second-order valence-corrected chi connectivity index (χ2v) is 6.51. The highest BCUT2D eigenvalue weighted by molar-refractivity contribution is 5.66. The highest BCUT2D eigenvalue weighted by Gasteiger charge is 2.28. The summed E-state index contributed by atoms with van der Waals surface area (Å²) < 4.78 is 2.11. The van der Waals surface area contributed by atoms with Gasteiger partial charge in [-0.15, -0.1) is 0 Å². The van der Waals surface area contributed by atoms with Crippen LogP contribution in [-0.2, 0) is 6.54 Å². The molecule has 0 bridgehead atoms. The Kier molecular flexibility index (Phi) is 4.38. The molecule has 2 N–H and O–H groups in total. The van der Waals surface area contributed by atoms with E-state index in [0.717, 1.165) is 49.3 Å². The van der Waals surface area contributed by atoms with Crippen LogP contribution < -0.4 is 10.6 Å². The summed E-state index contributed by atoms with van der Waals surface area (Å²) in [6.45, 7) is 9.65. The van der Waals surface area contributed by atoms with Gasteiger partial charge in [-0.25, -0.2) is 4.68 Å². The molecule has 0 unspecified atom stereocenters. The van der Waals surface area contributed by atoms with Crippen LogP contribution in [0, 0.1) is 6.92 Å². The first kappa shape index (κ1) is 14.7. The number of hydrogen-bond donors (Lipinski definition) is 1. The van der Waals surface area contributed by atoms with Crippen LogP contribution in [0.2, 0.25) is 0 Å². The molecule has 1 aliphatic carbocycles. The highest BCUT2D eigenvalue weighted by atomic mass is 15.4. The average Bonchev–Trinajstić information content (AvgIpc) is 3.10. The third kappa shape index (κ3) is 2.89. The maximum Gasteiger partial charge on any atom is 0.150 e. The van der Waals surface area contributed by atoms with Gasteiger partial charge < -0.3 is 10.6 Å². The molecule has 2 heterocycles. The lowest BCUT2D eigenvalue weighted by Crippen LogP contribution is -2.50. The minimum absolute atomic E-state index is 0.840. The molecule has 1 aromatic heterocycles. The second-order valence-electron chi connectivity index (χ2n) is 6.51. The topological polar surface area (TPSA) is 50.3 Å². The predicted octanol–water partition coefficient (Wildman–Crippen LogP) is 2.25. The summed E-state index contributed by atoms with van der Waals surface area (Å²) in [6, 6.07) is 0.840. The average molecular weight is 291 g/mol. The number of nitrogens with zero attached hydrogens (tertiary/aromatic N) is 4. The Balaban J connectivity index is 1.68. The summed E-state index contributed by atoms with van der Waals surface area (Å²) in [5, 5.41) is 4.61. The summed E-state index contributed by atoms with van der Waals surface area (Å²) >= 11 is 0. The van der Waals surface area contributed by atoms with E-state index in [-0.39, 0.29) is 0 Å². The van der Waals surface area contributed by atoms with Gasteiger partial charge in [0, 0.05) is 38.8 Å². The lowest BCUT2D eigenvalue weighted by atomic mass is 10.2. The van der Waals surface area contributed by atoms with Crippen LogP contribution >= 0.6 is 0 Å². The van der Waals surface area contributed by atoms with Gasteiger partial charge in [0.05, 0.1) is 11.4 Å². The Bertz CT molecular complexity index is 467. The van der Waals surface area contributed by atoms with Crippen molar-refractivity contribution in [3.05, 3.63) is 5.69 Å². The number of nitrogen functional groups attached to an aromatic ring is 1. The molecule has 1 saturated carbocycles. The summed E-state index contributed by atoms with van der Waals surface area (Å²) in [7, 11) is 0. The maximum absolute atomic E-state index is 6.28. The normalized spacial score (nSPS) is 21.3. The molecule has 1 saturated heterocycles. The molecule has 5 heteroatoms. The zero-order chi connectivity index (χ0) is 14.8. The number of rotatable bonds is 4. The van der Waals surface area contributed by atoms with E-state index >= 15 is 0 Å². The van der Waals surface area contributed by atoms with Crippen molar-refractivity contribution in [1.29, 1.82) is 0 Å². The zero-order valence-corrected chi connectivity index (χ0v) is 13.5. The highest BCUT2D eigenvalue weighted by Crippen LogP contribution is 2.29. The van der Waals surface area contributed by atoms with Crippen LogP contribution in [0.1, 0.15) is 44.7 Å². The van der Waals surface area contributed by atoms with Crippen LogP contribution in [-0.4, -0.2) is 46.9 Å². The van der Waals surface area contributed by atoms with Crippen molar-refractivity contribution >= 4 is 11.5 Å². The minimum Gasteiger partial charge on any atom is -0.394 e. The van der Waals surface area contributed by atoms with E-state index in [2.05, 4.69) is 26.5 Å². The molecule has 5 nitrogen and oxygen atoms in total. The van der Waals surface area contributed by atoms with E-state index in [1.807, 2.05) is 6.92 Å². The Morgan fingerprint density at radius 1 is 1.14 bits per heavy atom. The maximum atomic E-state index is 6.28. The number of hydrogen-bond acceptors (Lipinski definition) is 4. The van der Waals surface area contributed by atoms with Gasteiger partial charge in [0.25, 0.3) is 0 Å². The molecule has 0 amide bonds. The second kappa shape index (κ2) is 6.26. The molecule has 1 aromatic rings. The van der Waals surface area contributed by atoms with Gasteiger partial charge in [-0.3, -0.25) is 4.90 Å². The first-order valence-electron chi connectivity index (χ1n) is 8.52. The Morgan fingerprint density at radius 2 is 1.81 bits per heavy atom. The van der Waals surface area contributed by atoms with Crippen LogP contribution in [0.15, 0.2) is 0 Å². The van der Waals surface area contributed by atoms with Crippen molar-refractivity contribution < 1.29 is 0 Å². The zero-order valence-electron chi connectivity index (χ0n) is 13.5. The molecular formula is C16H29N5. The molecule has 2 aliphatic rings. The molecule has 3 rings (SSSR count). The molecule has 0 aromatic carbocycles. The van der Waals surface area contributed by atoms with Gasteiger partial charge in [0.1, 0.15) is 0 Å². The van der Waals surface area contributed by atoms with E-state index < -0.39 is 0 Å². The molecule has 21 heavy (non-hydrogen) atoms. The quantitative estimate of drug-likeness (QED) is 0.924. The monoisotopic (exact) mass is 291 g/mol. The lowest BCUT2D eigenvalue weighted by Gasteiger charge is -2.39. The van der Waals surface area contributed by atoms with E-state index in [0.29, 0.717) is 0 Å². The van der Waals surface area contributed by atoms with Crippen LogP contribution in [0.3, 0.4) is 0 Å². The summed E-state index contributed by atoms with van der Waals surface area (Å²) in [6.07, 6.45) is 6.72. The number of anilines is 2. The van der Waals surface area contributed by atoms with E-state index in [4.69, 9.17) is 5.73 Å². The molecule has 0 spiro atoms. The smallest absolute Gasteiger partial charge is 0.150 e. The fourth-order valence-electron chi connectivity index (χ4n) is 3.85. The standard InChI is InChI=1S/C16H29N5/c1-3-8-21-16(15(17)13(2)18-21)20-11-9-19(10-12-20)14-6-4-5-7-14/h14H,3-12,17H2,1-2H3. The molecule has 0 atom stereocenters. The van der Waals surface area contributed by atoms with Gasteiger partial charge in [-0.05, 0) is 26.2 Å². The number of aromatic nitrogens is 2. The number of piperazine rings is 1. The van der Waals surface area contributed by atoms with Crippen molar-refractivity contribution in [1.82, 2.24) is 14.7 Å². The van der Waals surface area contributed by atoms with Gasteiger partial charge >= 0.3 is 0 Å². The Labute approximate surface area is 128 Å². The van der Waals surface area contributed by atoms with Crippen molar-refractivity contribution in [3.8, 4) is 0 Å². The van der Waals surface area contributed by atoms with Gasteiger partial charge in [-0.1, -0.05) is 19.8 Å². The fourth-order valence-corrected chi connectivity index (χ4v) is 3.85. The van der Waals surface area contributed by atoms with Crippen LogP contribution in [0.5, 0.6) is 0 Å². The third-order valence-electron chi connectivity index (χ3n) is 5.04. The first-order chi connectivity index (χ1) is 10.2. The van der Waals surface area contributed by atoms with Crippen molar-refractivity contribution in [2.75, 3.05) is 36.8 Å². The van der Waals surface area contributed by atoms with Crippen LogP contribution in [0.25, 0.3) is 0 Å². The van der Waals surface area contributed by atoms with E-state index in [9.17, 15) is 0 Å². The first-order valence-corrected chi connectivity index (χ1v) is 8.52. The van der Waals surface area contributed by atoms with Gasteiger partial charge in [-0.2, -0.15) is 5.10 Å². The SMILES string of the molecule is CCCn1nc(C)c(N)c1N1CCN(C2CCCC2)CC1. The Morgan fingerprint density at radius 3 is 2.43 bits per heavy atom. The van der Waals surface area contributed by atoms with Crippen molar-refractivity contribution in [3.63, 3.8) is 0 Å². The lowest BCUT2D eigenvalue weighted by molar-refractivity contribution is 0.187. The summed E-state index contributed by atoms with van der Waals surface area (Å²) in [5.41, 5.74) is 8.12. The summed E-state index contributed by atoms with van der Waals surface area (Å²) in [5.74, 6) is 1.15. The molecular weight excluding hydrogens is 262 g/mol. The van der Waals surface area contributed by atoms with Crippen molar-refractivity contribution in [2.45, 2.75) is 58.5 Å². The summed E-state index contributed by atoms with van der Waals surface area (Å²) in [4.78, 5) is 5.13. The van der Waals surface area contributed by atoms with Gasteiger partial charge in [0.15, 0.2) is 5.82 Å². The molecule has 1 aliphatic heterocycles. The van der Waals surface area contributed by atoms with Crippen LogP contribution in [0.4, 0.5) is 11.5 Å². The number of nitrogens with two attached hydrogens (primary N) is 1. The Hall–Kier alpha value is -1.23. The van der Waals surface area contributed by atoms with E-state index in [1.54, 1.807) is 0 Å². The molecule has 0 radical (unpaired) electrons. The molecule has 118 valence electrons. The van der Waals surface area contributed by atoms with E-state index in [1.165, 1.54) is 38.8 Å². The third-order valence-corrected chi connectivity index (χ3v) is 5.04. The van der Waals surface area contributed by atoms with Gasteiger partial charge in [0.2, 0.25) is 0 Å². The largest absolute Gasteiger partial charge is 0.394 e. The minimum atomic E-state index is 0.840. The predicted molar refractivity (Wildman–Crippen MR) is 87.7 cm³/mol. The van der Waals surface area contributed by atoms with Crippen molar-refractivity contribution in [2.24, 2.45) is 0 Å². The molecule has 2 fully saturated rings. The fraction of sp³-hybridized carbons (Fsp3) is 0.812. The number of aryl methyl sites for hydroxylation is 2.